The number of aryl methyl sites for hydroxylation is 2. The lowest BCUT2D eigenvalue weighted by atomic mass is 10.0. The SMILES string of the molecule is Cc1nc2nc(C3CCCOC3)nc(-c3ccc(Cl)cc3F)c2nc1C.c1cnn(C2CC2)c1. The van der Waals surface area contributed by atoms with Gasteiger partial charge in [-0.25, -0.2) is 24.3 Å². The summed E-state index contributed by atoms with van der Waals surface area (Å²) in [5, 5.41) is 4.43. The molecule has 4 heterocycles. The third kappa shape index (κ3) is 4.93. The van der Waals surface area contributed by atoms with Crippen LogP contribution in [0.25, 0.3) is 22.4 Å². The lowest BCUT2D eigenvalue weighted by molar-refractivity contribution is 0.0782. The maximum Gasteiger partial charge on any atom is 0.182 e. The van der Waals surface area contributed by atoms with Gasteiger partial charge in [-0.3, -0.25) is 4.68 Å². The van der Waals surface area contributed by atoms with Gasteiger partial charge in [0.15, 0.2) is 5.65 Å². The Bertz CT molecular complexity index is 1300. The Hall–Kier alpha value is -2.97. The predicted octanol–water partition coefficient (Wildman–Crippen LogP) is 5.61. The van der Waals surface area contributed by atoms with E-state index in [9.17, 15) is 4.39 Å². The number of fused-ring (bicyclic) bond motifs is 1. The molecule has 3 aromatic heterocycles. The second kappa shape index (κ2) is 9.72. The van der Waals surface area contributed by atoms with Crippen molar-refractivity contribution in [3.05, 3.63) is 64.7 Å². The maximum absolute atomic E-state index is 14.6. The Kier molecular flexibility index (Phi) is 6.52. The zero-order chi connectivity index (χ0) is 23.7. The number of nitrogens with zero attached hydrogens (tertiary/aromatic N) is 6. The molecule has 6 rings (SSSR count). The van der Waals surface area contributed by atoms with Crippen molar-refractivity contribution in [2.45, 2.75) is 51.5 Å². The summed E-state index contributed by atoms with van der Waals surface area (Å²) in [5.41, 5.74) is 3.33. The first-order chi connectivity index (χ1) is 16.5. The normalized spacial score (nSPS) is 17.9. The van der Waals surface area contributed by atoms with E-state index in [1.54, 1.807) is 12.1 Å². The Morgan fingerprint density at radius 3 is 2.56 bits per heavy atom. The molecule has 176 valence electrons. The monoisotopic (exact) mass is 480 g/mol. The Balaban J connectivity index is 0.000000252. The molecule has 0 spiro atoms. The average Bonchev–Trinajstić information content (AvgIpc) is 3.54. The summed E-state index contributed by atoms with van der Waals surface area (Å²) in [6.45, 7) is 5.07. The molecule has 9 heteroatoms. The first kappa shape index (κ1) is 22.8. The smallest absolute Gasteiger partial charge is 0.182 e. The number of benzene rings is 1. The van der Waals surface area contributed by atoms with Crippen LogP contribution in [0.3, 0.4) is 0 Å². The third-order valence-electron chi connectivity index (χ3n) is 6.12. The van der Waals surface area contributed by atoms with Crippen molar-refractivity contribution < 1.29 is 9.13 Å². The average molecular weight is 481 g/mol. The van der Waals surface area contributed by atoms with E-state index in [1.807, 2.05) is 37.0 Å². The van der Waals surface area contributed by atoms with Gasteiger partial charge in [-0.2, -0.15) is 5.10 Å². The van der Waals surface area contributed by atoms with E-state index in [1.165, 1.54) is 18.9 Å². The van der Waals surface area contributed by atoms with Crippen molar-refractivity contribution in [3.63, 3.8) is 0 Å². The van der Waals surface area contributed by atoms with Gasteiger partial charge in [0.1, 0.15) is 22.9 Å². The summed E-state index contributed by atoms with van der Waals surface area (Å²) in [4.78, 5) is 18.4. The maximum atomic E-state index is 14.6. The largest absolute Gasteiger partial charge is 0.381 e. The zero-order valence-corrected chi connectivity index (χ0v) is 20.0. The van der Waals surface area contributed by atoms with E-state index in [2.05, 4.69) is 25.0 Å². The minimum atomic E-state index is -0.441. The van der Waals surface area contributed by atoms with Gasteiger partial charge < -0.3 is 4.74 Å². The summed E-state index contributed by atoms with van der Waals surface area (Å²) in [5.74, 6) is 0.258. The van der Waals surface area contributed by atoms with Gasteiger partial charge in [-0.1, -0.05) is 11.6 Å². The zero-order valence-electron chi connectivity index (χ0n) is 19.2. The van der Waals surface area contributed by atoms with Crippen molar-refractivity contribution >= 4 is 22.8 Å². The van der Waals surface area contributed by atoms with Crippen LogP contribution in [0.2, 0.25) is 5.02 Å². The number of hydrogen-bond acceptors (Lipinski definition) is 6. The quantitative estimate of drug-likeness (QED) is 0.379. The van der Waals surface area contributed by atoms with Crippen molar-refractivity contribution in [1.29, 1.82) is 0 Å². The minimum Gasteiger partial charge on any atom is -0.381 e. The molecule has 0 radical (unpaired) electrons. The van der Waals surface area contributed by atoms with Crippen molar-refractivity contribution in [2.75, 3.05) is 13.2 Å². The molecule has 1 saturated heterocycles. The third-order valence-corrected chi connectivity index (χ3v) is 6.35. The van der Waals surface area contributed by atoms with E-state index < -0.39 is 5.82 Å². The highest BCUT2D eigenvalue weighted by Crippen LogP contribution is 2.33. The van der Waals surface area contributed by atoms with Crippen LogP contribution in [0.5, 0.6) is 0 Å². The van der Waals surface area contributed by atoms with E-state index in [4.69, 9.17) is 16.3 Å². The van der Waals surface area contributed by atoms with Gasteiger partial charge in [-0.05, 0) is 63.8 Å². The van der Waals surface area contributed by atoms with E-state index in [0.717, 1.165) is 36.9 Å². The van der Waals surface area contributed by atoms with Gasteiger partial charge in [0.05, 0.1) is 24.0 Å². The number of ether oxygens (including phenoxy) is 1. The Morgan fingerprint density at radius 1 is 1.06 bits per heavy atom. The molecule has 1 saturated carbocycles. The highest BCUT2D eigenvalue weighted by atomic mass is 35.5. The molecular weight excluding hydrogens is 455 g/mol. The fraction of sp³-hybridized carbons (Fsp3) is 0.400. The predicted molar refractivity (Wildman–Crippen MR) is 128 cm³/mol. The van der Waals surface area contributed by atoms with Crippen LogP contribution < -0.4 is 0 Å². The molecule has 7 nitrogen and oxygen atoms in total. The highest BCUT2D eigenvalue weighted by Gasteiger charge is 2.24. The van der Waals surface area contributed by atoms with E-state index in [-0.39, 0.29) is 5.92 Å². The molecule has 0 amide bonds. The molecule has 1 aliphatic heterocycles. The summed E-state index contributed by atoms with van der Waals surface area (Å²) in [6, 6.07) is 7.26. The topological polar surface area (TPSA) is 78.6 Å². The van der Waals surface area contributed by atoms with Crippen LogP contribution in [0.1, 0.15) is 54.9 Å². The molecule has 2 fully saturated rings. The summed E-state index contributed by atoms with van der Waals surface area (Å²) in [7, 11) is 0. The van der Waals surface area contributed by atoms with Crippen LogP contribution in [0.15, 0.2) is 36.7 Å². The molecule has 2 aliphatic rings. The molecule has 0 bridgehead atoms. The van der Waals surface area contributed by atoms with Crippen LogP contribution in [-0.4, -0.2) is 42.9 Å². The van der Waals surface area contributed by atoms with Crippen LogP contribution >= 0.6 is 11.6 Å². The minimum absolute atomic E-state index is 0.0747. The molecular formula is C25H26ClFN6O. The lowest BCUT2D eigenvalue weighted by Gasteiger charge is -2.21. The number of hydrogen-bond donors (Lipinski definition) is 0. The molecule has 0 N–H and O–H groups in total. The molecule has 1 unspecified atom stereocenters. The molecule has 1 atom stereocenters. The second-order valence-corrected chi connectivity index (χ2v) is 9.19. The summed E-state index contributed by atoms with van der Waals surface area (Å²) in [6.07, 6.45) is 8.39. The van der Waals surface area contributed by atoms with Gasteiger partial charge in [-0.15, -0.1) is 0 Å². The highest BCUT2D eigenvalue weighted by molar-refractivity contribution is 6.30. The summed E-state index contributed by atoms with van der Waals surface area (Å²) >= 11 is 5.90. The molecule has 4 aromatic rings. The van der Waals surface area contributed by atoms with E-state index >= 15 is 0 Å². The standard InChI is InChI=1S/C19H18ClFN4O.C6H8N2/c1-10-11(2)23-19-17(22-10)16(14-6-5-13(20)8-15(14)21)24-18(25-19)12-4-3-7-26-9-12;1-4-7-8(5-1)6-2-3-6/h5-6,8,12H,3-4,7,9H2,1-2H3;1,4-6H,2-3H2. The molecule has 34 heavy (non-hydrogen) atoms. The molecule has 1 aliphatic carbocycles. The number of aromatic nitrogens is 6. The first-order valence-electron chi connectivity index (χ1n) is 11.5. The van der Waals surface area contributed by atoms with Crippen molar-refractivity contribution in [2.24, 2.45) is 0 Å². The van der Waals surface area contributed by atoms with Crippen molar-refractivity contribution in [1.82, 2.24) is 29.7 Å². The fourth-order valence-corrected chi connectivity index (χ4v) is 4.12. The van der Waals surface area contributed by atoms with Crippen LogP contribution in [0.4, 0.5) is 4.39 Å². The van der Waals surface area contributed by atoms with Crippen LogP contribution in [0, 0.1) is 19.7 Å². The van der Waals surface area contributed by atoms with E-state index in [0.29, 0.717) is 39.9 Å². The van der Waals surface area contributed by atoms with Gasteiger partial charge >= 0.3 is 0 Å². The van der Waals surface area contributed by atoms with Gasteiger partial charge in [0.2, 0.25) is 0 Å². The number of halogens is 2. The second-order valence-electron chi connectivity index (χ2n) is 8.75. The van der Waals surface area contributed by atoms with Crippen molar-refractivity contribution in [3.8, 4) is 11.3 Å². The first-order valence-corrected chi connectivity index (χ1v) is 11.9. The fourth-order valence-electron chi connectivity index (χ4n) is 3.96. The summed E-state index contributed by atoms with van der Waals surface area (Å²) < 4.78 is 22.2. The lowest BCUT2D eigenvalue weighted by Crippen LogP contribution is -2.18. The molecule has 1 aromatic carbocycles. The number of rotatable bonds is 3. The Morgan fingerprint density at radius 2 is 1.88 bits per heavy atom. The van der Waals surface area contributed by atoms with Crippen LogP contribution in [-0.2, 0) is 4.74 Å². The van der Waals surface area contributed by atoms with Gasteiger partial charge in [0, 0.05) is 35.5 Å². The Labute approximate surface area is 202 Å². The van der Waals surface area contributed by atoms with Gasteiger partial charge in [0.25, 0.3) is 0 Å².